The number of rotatable bonds is 15. The fraction of sp³-hybridized carbons (Fsp3) is 0.237. The topological polar surface area (TPSA) is 114 Å². The van der Waals surface area contributed by atoms with Crippen LogP contribution in [0.25, 0.3) is 11.1 Å². The molecule has 1 atom stereocenters. The maximum Gasteiger partial charge on any atom is 0.328 e. The summed E-state index contributed by atoms with van der Waals surface area (Å²) in [5, 5.41) is 5.51. The molecule has 0 unspecified atom stereocenters. The van der Waals surface area contributed by atoms with Crippen molar-refractivity contribution in [1.82, 2.24) is 10.6 Å². The standard InChI is InChI=1S/C38H37Cl2N3O5/c1-3-30(41-2)20-26-13-10-16-28(19-26)36(45)42-23-31(44)17-18-34(38(47)48-24-25-11-6-4-7-12-25)43-37(46)35-32(39)21-29(22-33(35)40)27-14-8-5-9-15-27/h4-16,19,21-22,34H,3,17-18,20,23-24H2,1-2H3,(H,42,45)(H,43,46)/t34-/m0/s1. The van der Waals surface area contributed by atoms with Gasteiger partial charge in [0.25, 0.3) is 11.8 Å². The summed E-state index contributed by atoms with van der Waals surface area (Å²) in [5.74, 6) is -2.14. The van der Waals surface area contributed by atoms with Gasteiger partial charge in [-0.1, -0.05) is 103 Å². The van der Waals surface area contributed by atoms with Crippen molar-refractivity contribution in [3.8, 4) is 11.1 Å². The summed E-state index contributed by atoms with van der Waals surface area (Å²) in [6.45, 7) is 1.75. The minimum absolute atomic E-state index is 0.00374. The summed E-state index contributed by atoms with van der Waals surface area (Å²) < 4.78 is 5.50. The van der Waals surface area contributed by atoms with Gasteiger partial charge in [-0.3, -0.25) is 19.4 Å². The molecular formula is C38H37Cl2N3O5. The van der Waals surface area contributed by atoms with Crippen molar-refractivity contribution >= 4 is 52.5 Å². The number of esters is 1. The zero-order valence-corrected chi connectivity index (χ0v) is 28.3. The number of ether oxygens (including phenoxy) is 1. The average Bonchev–Trinajstić information content (AvgIpc) is 3.10. The normalized spacial score (nSPS) is 11.8. The van der Waals surface area contributed by atoms with Crippen LogP contribution in [0.1, 0.15) is 58.0 Å². The Labute approximate surface area is 290 Å². The van der Waals surface area contributed by atoms with Crippen LogP contribution < -0.4 is 10.6 Å². The van der Waals surface area contributed by atoms with Crippen LogP contribution in [0.2, 0.25) is 10.0 Å². The van der Waals surface area contributed by atoms with Crippen LogP contribution in [0, 0.1) is 0 Å². The summed E-state index contributed by atoms with van der Waals surface area (Å²) in [6.07, 6.45) is 1.25. The lowest BCUT2D eigenvalue weighted by atomic mass is 10.0. The summed E-state index contributed by atoms with van der Waals surface area (Å²) in [6, 6.07) is 27.7. The van der Waals surface area contributed by atoms with E-state index < -0.39 is 23.8 Å². The molecule has 0 fully saturated rings. The molecule has 0 saturated carbocycles. The predicted molar refractivity (Wildman–Crippen MR) is 190 cm³/mol. The monoisotopic (exact) mass is 685 g/mol. The Morgan fingerprint density at radius 2 is 1.44 bits per heavy atom. The molecule has 0 aliphatic carbocycles. The number of aliphatic imine (C=N–C) groups is 1. The van der Waals surface area contributed by atoms with Gasteiger partial charge in [-0.25, -0.2) is 4.79 Å². The molecule has 0 heterocycles. The number of halogens is 2. The minimum Gasteiger partial charge on any atom is -0.459 e. The Balaban J connectivity index is 1.42. The third kappa shape index (κ3) is 10.4. The van der Waals surface area contributed by atoms with E-state index in [1.165, 1.54) is 0 Å². The molecule has 0 radical (unpaired) electrons. The second kappa shape index (κ2) is 17.9. The van der Waals surface area contributed by atoms with E-state index in [1.54, 1.807) is 49.5 Å². The number of hydrogen-bond acceptors (Lipinski definition) is 6. The second-order valence-corrected chi connectivity index (χ2v) is 11.9. The van der Waals surface area contributed by atoms with Crippen molar-refractivity contribution in [1.29, 1.82) is 0 Å². The van der Waals surface area contributed by atoms with Gasteiger partial charge in [-0.15, -0.1) is 0 Å². The molecule has 4 rings (SSSR count). The van der Waals surface area contributed by atoms with Crippen molar-refractivity contribution < 1.29 is 23.9 Å². The van der Waals surface area contributed by atoms with Crippen LogP contribution in [0.5, 0.6) is 0 Å². The highest BCUT2D eigenvalue weighted by atomic mass is 35.5. The lowest BCUT2D eigenvalue weighted by Gasteiger charge is -2.19. The Bertz CT molecular complexity index is 1750. The molecule has 4 aromatic rings. The molecule has 0 spiro atoms. The Kier molecular flexibility index (Phi) is 13.5. The van der Waals surface area contributed by atoms with Gasteiger partial charge >= 0.3 is 5.97 Å². The van der Waals surface area contributed by atoms with E-state index in [9.17, 15) is 19.2 Å². The van der Waals surface area contributed by atoms with Crippen molar-refractivity contribution in [2.45, 2.75) is 45.3 Å². The van der Waals surface area contributed by atoms with Gasteiger partial charge in [-0.2, -0.15) is 0 Å². The molecule has 2 amide bonds. The molecule has 0 aliphatic rings. The fourth-order valence-electron chi connectivity index (χ4n) is 4.99. The number of Topliss-reactive ketones (excluding diaryl/α,β-unsaturated/α-hetero) is 1. The Morgan fingerprint density at radius 1 is 0.792 bits per heavy atom. The van der Waals surface area contributed by atoms with Crippen LogP contribution in [-0.2, 0) is 27.4 Å². The van der Waals surface area contributed by atoms with Gasteiger partial charge in [0, 0.05) is 31.2 Å². The zero-order valence-electron chi connectivity index (χ0n) is 26.8. The summed E-state index contributed by atoms with van der Waals surface area (Å²) in [5.41, 5.74) is 4.73. The smallest absolute Gasteiger partial charge is 0.328 e. The van der Waals surface area contributed by atoms with Gasteiger partial charge in [-0.05, 0) is 59.4 Å². The molecule has 4 aromatic carbocycles. The van der Waals surface area contributed by atoms with E-state index in [0.29, 0.717) is 12.0 Å². The van der Waals surface area contributed by atoms with Gasteiger partial charge < -0.3 is 15.4 Å². The van der Waals surface area contributed by atoms with Gasteiger partial charge in [0.05, 0.1) is 22.2 Å². The first-order valence-corrected chi connectivity index (χ1v) is 16.3. The number of hydrogen-bond donors (Lipinski definition) is 2. The van der Waals surface area contributed by atoms with Gasteiger partial charge in [0.2, 0.25) is 0 Å². The minimum atomic E-state index is -1.19. The molecule has 0 aromatic heterocycles. The molecule has 248 valence electrons. The maximum atomic E-state index is 13.4. The zero-order chi connectivity index (χ0) is 34.5. The van der Waals surface area contributed by atoms with E-state index in [2.05, 4.69) is 15.6 Å². The predicted octanol–water partition coefficient (Wildman–Crippen LogP) is 7.30. The summed E-state index contributed by atoms with van der Waals surface area (Å²) >= 11 is 13.0. The Hall–Kier alpha value is -4.79. The number of ketones is 1. The molecule has 48 heavy (non-hydrogen) atoms. The highest BCUT2D eigenvalue weighted by Crippen LogP contribution is 2.32. The molecule has 0 saturated heterocycles. The van der Waals surface area contributed by atoms with E-state index in [1.807, 2.05) is 61.5 Å². The van der Waals surface area contributed by atoms with Crippen LogP contribution in [0.3, 0.4) is 0 Å². The highest BCUT2D eigenvalue weighted by Gasteiger charge is 2.26. The molecule has 0 bridgehead atoms. The largest absolute Gasteiger partial charge is 0.459 e. The number of amides is 2. The molecule has 2 N–H and O–H groups in total. The number of carbonyl (C=O) groups is 4. The van der Waals surface area contributed by atoms with Crippen LogP contribution >= 0.6 is 23.2 Å². The lowest BCUT2D eigenvalue weighted by molar-refractivity contribution is -0.147. The second-order valence-electron chi connectivity index (χ2n) is 11.1. The van der Waals surface area contributed by atoms with E-state index >= 15 is 0 Å². The average molecular weight is 687 g/mol. The Morgan fingerprint density at radius 3 is 2.08 bits per heavy atom. The van der Waals surface area contributed by atoms with Crippen molar-refractivity contribution in [3.63, 3.8) is 0 Å². The van der Waals surface area contributed by atoms with Crippen LogP contribution in [0.15, 0.2) is 102 Å². The molecule has 8 nitrogen and oxygen atoms in total. The third-order valence-electron chi connectivity index (χ3n) is 7.67. The maximum absolute atomic E-state index is 13.4. The quantitative estimate of drug-likeness (QED) is 0.101. The fourth-order valence-corrected chi connectivity index (χ4v) is 5.65. The first-order valence-electron chi connectivity index (χ1n) is 15.6. The van der Waals surface area contributed by atoms with Gasteiger partial charge in [0.1, 0.15) is 12.6 Å². The highest BCUT2D eigenvalue weighted by molar-refractivity contribution is 6.40. The van der Waals surface area contributed by atoms with Crippen LogP contribution in [-0.4, -0.2) is 48.9 Å². The first kappa shape index (κ1) is 36.1. The molecule has 0 aliphatic heterocycles. The van der Waals surface area contributed by atoms with Crippen LogP contribution in [0.4, 0.5) is 0 Å². The molecular weight excluding hydrogens is 649 g/mol. The number of nitrogens with zero attached hydrogens (tertiary/aromatic N) is 1. The van der Waals surface area contributed by atoms with Crippen molar-refractivity contribution in [2.24, 2.45) is 4.99 Å². The van der Waals surface area contributed by atoms with E-state index in [0.717, 1.165) is 34.4 Å². The van der Waals surface area contributed by atoms with Gasteiger partial charge in [0.15, 0.2) is 5.78 Å². The van der Waals surface area contributed by atoms with Crippen molar-refractivity contribution in [2.75, 3.05) is 13.6 Å². The molecule has 10 heteroatoms. The summed E-state index contributed by atoms with van der Waals surface area (Å²) in [7, 11) is 1.74. The summed E-state index contributed by atoms with van der Waals surface area (Å²) in [4.78, 5) is 56.6. The number of benzene rings is 4. The lowest BCUT2D eigenvalue weighted by Crippen LogP contribution is -2.42. The third-order valence-corrected chi connectivity index (χ3v) is 8.27. The van der Waals surface area contributed by atoms with Crippen molar-refractivity contribution in [3.05, 3.63) is 129 Å². The number of carbonyl (C=O) groups excluding carboxylic acids is 4. The number of nitrogens with one attached hydrogen (secondary N) is 2. The SMILES string of the molecule is CCC(Cc1cccc(C(=O)NCC(=O)CC[C@H](NC(=O)c2c(Cl)cc(-c3ccccc3)cc2Cl)C(=O)OCc2ccccc2)c1)=NC. The van der Waals surface area contributed by atoms with E-state index in [-0.39, 0.29) is 47.4 Å². The first-order chi connectivity index (χ1) is 23.2. The van der Waals surface area contributed by atoms with E-state index in [4.69, 9.17) is 27.9 Å².